The lowest BCUT2D eigenvalue weighted by Crippen LogP contribution is -2.06. The summed E-state index contributed by atoms with van der Waals surface area (Å²) in [5.74, 6) is -7.86. The molecule has 0 fully saturated rings. The first-order valence-corrected chi connectivity index (χ1v) is 8.88. The first-order valence-electron chi connectivity index (χ1n) is 8.88. The number of aryl methyl sites for hydroxylation is 1. The summed E-state index contributed by atoms with van der Waals surface area (Å²) in [6, 6.07) is 4.38. The fraction of sp³-hybridized carbons (Fsp3) is 0.182. The molecule has 0 heterocycles. The number of hydrogen-bond donors (Lipinski definition) is 0. The summed E-state index contributed by atoms with van der Waals surface area (Å²) in [6.07, 6.45) is 4.58. The molecule has 8 heteroatoms. The number of benzene rings is 3. The number of hydrogen-bond acceptors (Lipinski definition) is 1. The van der Waals surface area contributed by atoms with Gasteiger partial charge in [-0.15, -0.1) is 0 Å². The van der Waals surface area contributed by atoms with E-state index in [2.05, 4.69) is 4.74 Å². The van der Waals surface area contributed by atoms with Gasteiger partial charge in [0.25, 0.3) is 0 Å². The number of alkyl halides is 2. The molecule has 0 saturated heterocycles. The molecule has 3 rings (SSSR count). The van der Waals surface area contributed by atoms with Crippen molar-refractivity contribution >= 4 is 10.8 Å². The Kier molecular flexibility index (Phi) is 6.34. The van der Waals surface area contributed by atoms with Crippen LogP contribution in [0.15, 0.2) is 42.5 Å². The first kappa shape index (κ1) is 21.7. The zero-order valence-electron chi connectivity index (χ0n) is 15.6. The second kappa shape index (κ2) is 8.77. The molecule has 0 aromatic heterocycles. The quantitative estimate of drug-likeness (QED) is 0.295. The Morgan fingerprint density at radius 2 is 1.53 bits per heavy atom. The van der Waals surface area contributed by atoms with Crippen molar-refractivity contribution in [2.45, 2.75) is 26.4 Å². The highest BCUT2D eigenvalue weighted by atomic mass is 19.3. The molecule has 0 aliphatic heterocycles. The molecule has 0 aliphatic rings. The van der Waals surface area contributed by atoms with Gasteiger partial charge in [-0.1, -0.05) is 12.2 Å². The van der Waals surface area contributed by atoms with Gasteiger partial charge in [-0.3, -0.25) is 0 Å². The van der Waals surface area contributed by atoms with Crippen molar-refractivity contribution in [3.63, 3.8) is 0 Å². The van der Waals surface area contributed by atoms with E-state index in [1.54, 1.807) is 6.08 Å². The third kappa shape index (κ3) is 4.27. The summed E-state index contributed by atoms with van der Waals surface area (Å²) in [7, 11) is 0. The van der Waals surface area contributed by atoms with Gasteiger partial charge < -0.3 is 4.74 Å². The molecule has 0 aliphatic carbocycles. The normalized spacial score (nSPS) is 11.8. The molecule has 0 saturated carbocycles. The van der Waals surface area contributed by atoms with Gasteiger partial charge >= 0.3 is 6.61 Å². The molecule has 0 N–H and O–H groups in total. The SMILES string of the molecule is C/C=C/CCc1cc(F)c(-c2cc(F)c3c(F)c(OC(F)F)c(F)cc3c2)c(F)c1. The predicted molar refractivity (Wildman–Crippen MR) is 98.9 cm³/mol. The van der Waals surface area contributed by atoms with Crippen molar-refractivity contribution in [2.75, 3.05) is 0 Å². The molecule has 158 valence electrons. The van der Waals surface area contributed by atoms with Crippen LogP contribution in [-0.4, -0.2) is 6.61 Å². The fourth-order valence-electron chi connectivity index (χ4n) is 3.20. The molecule has 0 radical (unpaired) electrons. The molecular weight excluding hydrogens is 413 g/mol. The summed E-state index contributed by atoms with van der Waals surface area (Å²) >= 11 is 0. The van der Waals surface area contributed by atoms with Crippen molar-refractivity contribution in [1.29, 1.82) is 0 Å². The highest BCUT2D eigenvalue weighted by Gasteiger charge is 2.23. The van der Waals surface area contributed by atoms with Crippen LogP contribution >= 0.6 is 0 Å². The van der Waals surface area contributed by atoms with E-state index in [1.807, 2.05) is 13.0 Å². The summed E-state index contributed by atoms with van der Waals surface area (Å²) in [4.78, 5) is 0. The first-order chi connectivity index (χ1) is 14.2. The van der Waals surface area contributed by atoms with Gasteiger partial charge in [0.15, 0.2) is 17.4 Å². The lowest BCUT2D eigenvalue weighted by molar-refractivity contribution is -0.0544. The van der Waals surface area contributed by atoms with Crippen molar-refractivity contribution in [2.24, 2.45) is 0 Å². The van der Waals surface area contributed by atoms with Crippen molar-refractivity contribution in [1.82, 2.24) is 0 Å². The van der Waals surface area contributed by atoms with Gasteiger partial charge in [0.05, 0.1) is 10.9 Å². The van der Waals surface area contributed by atoms with E-state index in [0.717, 1.165) is 18.2 Å². The molecule has 0 atom stereocenters. The lowest BCUT2D eigenvalue weighted by atomic mass is 9.97. The Morgan fingerprint density at radius 3 is 2.13 bits per heavy atom. The Bertz CT molecular complexity index is 1100. The molecule has 3 aromatic carbocycles. The van der Waals surface area contributed by atoms with Crippen LogP contribution in [0, 0.1) is 29.1 Å². The largest absolute Gasteiger partial charge is 0.429 e. The van der Waals surface area contributed by atoms with Crippen LogP contribution in [0.1, 0.15) is 18.9 Å². The third-order valence-electron chi connectivity index (χ3n) is 4.47. The predicted octanol–water partition coefficient (Wildman–Crippen LogP) is 7.31. The maximum absolute atomic E-state index is 14.6. The zero-order valence-corrected chi connectivity index (χ0v) is 15.6. The van der Waals surface area contributed by atoms with Crippen LogP contribution in [0.3, 0.4) is 0 Å². The van der Waals surface area contributed by atoms with E-state index < -0.39 is 57.8 Å². The average Bonchev–Trinajstić information content (AvgIpc) is 2.64. The van der Waals surface area contributed by atoms with Gasteiger partial charge in [-0.25, -0.2) is 22.0 Å². The van der Waals surface area contributed by atoms with E-state index in [9.17, 15) is 30.7 Å². The number of fused-ring (bicyclic) bond motifs is 1. The van der Waals surface area contributed by atoms with Crippen LogP contribution in [0.25, 0.3) is 21.9 Å². The lowest BCUT2D eigenvalue weighted by Gasteiger charge is -2.13. The third-order valence-corrected chi connectivity index (χ3v) is 4.47. The molecule has 30 heavy (non-hydrogen) atoms. The summed E-state index contributed by atoms with van der Waals surface area (Å²) in [6.45, 7) is -1.71. The van der Waals surface area contributed by atoms with Crippen LogP contribution in [-0.2, 0) is 6.42 Å². The smallest absolute Gasteiger partial charge is 0.387 e. The van der Waals surface area contributed by atoms with Gasteiger partial charge in [-0.05, 0) is 66.6 Å². The highest BCUT2D eigenvalue weighted by Crippen LogP contribution is 2.36. The van der Waals surface area contributed by atoms with E-state index in [0.29, 0.717) is 30.5 Å². The van der Waals surface area contributed by atoms with Crippen molar-refractivity contribution in [3.05, 3.63) is 77.1 Å². The molecule has 0 unspecified atom stereocenters. The van der Waals surface area contributed by atoms with Crippen LogP contribution < -0.4 is 4.74 Å². The van der Waals surface area contributed by atoms with Crippen LogP contribution in [0.2, 0.25) is 0 Å². The van der Waals surface area contributed by atoms with E-state index in [1.165, 1.54) is 0 Å². The molecular formula is C22H15F7O. The van der Waals surface area contributed by atoms with E-state index >= 15 is 0 Å². The minimum atomic E-state index is -3.52. The number of halogens is 7. The molecule has 0 spiro atoms. The Morgan fingerprint density at radius 1 is 0.867 bits per heavy atom. The molecule has 0 amide bonds. The molecule has 1 nitrogen and oxygen atoms in total. The van der Waals surface area contributed by atoms with E-state index in [4.69, 9.17) is 0 Å². The second-order valence-corrected chi connectivity index (χ2v) is 6.48. The minimum Gasteiger partial charge on any atom is -0.429 e. The summed E-state index contributed by atoms with van der Waals surface area (Å²) < 4.78 is 100. The van der Waals surface area contributed by atoms with Crippen molar-refractivity contribution in [3.8, 4) is 16.9 Å². The summed E-state index contributed by atoms with van der Waals surface area (Å²) in [5.41, 5.74) is -0.477. The molecule has 3 aromatic rings. The monoisotopic (exact) mass is 428 g/mol. The highest BCUT2D eigenvalue weighted by molar-refractivity contribution is 5.90. The van der Waals surface area contributed by atoms with E-state index in [-0.39, 0.29) is 5.56 Å². The van der Waals surface area contributed by atoms with Gasteiger partial charge in [-0.2, -0.15) is 8.78 Å². The Labute approximate surface area is 167 Å². The topological polar surface area (TPSA) is 9.23 Å². The van der Waals surface area contributed by atoms with Crippen molar-refractivity contribution < 1.29 is 35.5 Å². The standard InChI is InChI=1S/C22H15F7O/c1-2-3-4-5-11-6-14(23)18(15(24)7-11)12-8-13-10-17(26)21(30-22(28)29)20(27)19(13)16(25)9-12/h2-3,6-10,22H,4-5H2,1H3/b3-2+. The van der Waals surface area contributed by atoms with Gasteiger partial charge in [0.2, 0.25) is 0 Å². The Balaban J connectivity index is 2.12. The number of rotatable bonds is 6. The number of allylic oxidation sites excluding steroid dienone is 2. The molecule has 0 bridgehead atoms. The minimum absolute atomic E-state index is 0.295. The Hall–Kier alpha value is -3.03. The van der Waals surface area contributed by atoms with Gasteiger partial charge in [0, 0.05) is 0 Å². The second-order valence-electron chi connectivity index (χ2n) is 6.48. The van der Waals surface area contributed by atoms with Gasteiger partial charge in [0.1, 0.15) is 17.5 Å². The maximum Gasteiger partial charge on any atom is 0.387 e. The zero-order chi connectivity index (χ0) is 22.0. The summed E-state index contributed by atoms with van der Waals surface area (Å²) in [5, 5.41) is -1.24. The van der Waals surface area contributed by atoms with Crippen LogP contribution in [0.5, 0.6) is 5.75 Å². The van der Waals surface area contributed by atoms with Crippen LogP contribution in [0.4, 0.5) is 30.7 Å². The maximum atomic E-state index is 14.6. The number of ether oxygens (including phenoxy) is 1. The average molecular weight is 428 g/mol. The fourth-order valence-corrected chi connectivity index (χ4v) is 3.20.